The van der Waals surface area contributed by atoms with Gasteiger partial charge in [-0.3, -0.25) is 14.0 Å². The van der Waals surface area contributed by atoms with Crippen molar-refractivity contribution in [3.8, 4) is 5.69 Å². The molecule has 0 aliphatic carbocycles. The summed E-state index contributed by atoms with van der Waals surface area (Å²) in [6.07, 6.45) is -4.48. The molecule has 4 rings (SSSR count). The van der Waals surface area contributed by atoms with E-state index in [1.165, 1.54) is 4.57 Å². The molecule has 0 saturated heterocycles. The van der Waals surface area contributed by atoms with Gasteiger partial charge in [0.2, 0.25) is 11.7 Å². The van der Waals surface area contributed by atoms with Crippen LogP contribution in [0.15, 0.2) is 58.5 Å². The number of aryl methyl sites for hydroxylation is 1. The van der Waals surface area contributed by atoms with Crippen LogP contribution in [0.5, 0.6) is 0 Å². The monoisotopic (exact) mass is 447 g/mol. The third kappa shape index (κ3) is 4.26. The van der Waals surface area contributed by atoms with E-state index in [2.05, 4.69) is 10.2 Å². The largest absolute Gasteiger partial charge is 0.405 e. The maximum Gasteiger partial charge on any atom is 0.405 e. The van der Waals surface area contributed by atoms with Gasteiger partial charge in [0.15, 0.2) is 5.16 Å². The van der Waals surface area contributed by atoms with Crippen LogP contribution in [-0.4, -0.2) is 43.5 Å². The SMILES string of the molecule is Cc1ccc(-n2c(=O)c3ccccc3n3c(SCC(=O)NCC(F)(F)F)nnc23)cc1. The molecule has 7 nitrogen and oxygen atoms in total. The molecule has 0 aliphatic rings. The van der Waals surface area contributed by atoms with Gasteiger partial charge in [0.1, 0.15) is 6.54 Å². The van der Waals surface area contributed by atoms with Gasteiger partial charge in [-0.25, -0.2) is 4.57 Å². The van der Waals surface area contributed by atoms with Gasteiger partial charge >= 0.3 is 6.18 Å². The minimum atomic E-state index is -4.48. The van der Waals surface area contributed by atoms with Crippen LogP contribution in [0.4, 0.5) is 13.2 Å². The number of fused-ring (bicyclic) bond motifs is 3. The molecule has 2 aromatic carbocycles. The molecule has 0 fully saturated rings. The van der Waals surface area contributed by atoms with Crippen molar-refractivity contribution in [1.82, 2.24) is 24.5 Å². The molecule has 1 N–H and O–H groups in total. The maximum atomic E-state index is 13.2. The van der Waals surface area contributed by atoms with Crippen LogP contribution in [0.1, 0.15) is 5.56 Å². The second kappa shape index (κ2) is 8.06. The van der Waals surface area contributed by atoms with Gasteiger partial charge in [0.05, 0.1) is 22.3 Å². The number of rotatable bonds is 5. The topological polar surface area (TPSA) is 81.3 Å². The Kier molecular flexibility index (Phi) is 5.44. The normalized spacial score (nSPS) is 11.9. The molecule has 0 aliphatic heterocycles. The fourth-order valence-corrected chi connectivity index (χ4v) is 3.85. The highest BCUT2D eigenvalue weighted by atomic mass is 32.2. The van der Waals surface area contributed by atoms with Gasteiger partial charge in [-0.05, 0) is 31.2 Å². The zero-order chi connectivity index (χ0) is 22.2. The van der Waals surface area contributed by atoms with Crippen LogP contribution in [-0.2, 0) is 4.79 Å². The summed E-state index contributed by atoms with van der Waals surface area (Å²) >= 11 is 0.937. The smallest absolute Gasteiger partial charge is 0.346 e. The van der Waals surface area contributed by atoms with Crippen LogP contribution >= 0.6 is 11.8 Å². The van der Waals surface area contributed by atoms with Crippen molar-refractivity contribution in [3.63, 3.8) is 0 Å². The maximum absolute atomic E-state index is 13.2. The minimum Gasteiger partial charge on any atom is -0.346 e. The fourth-order valence-electron chi connectivity index (χ4n) is 3.08. The van der Waals surface area contributed by atoms with Crippen molar-refractivity contribution >= 4 is 34.3 Å². The van der Waals surface area contributed by atoms with E-state index < -0.39 is 18.6 Å². The summed E-state index contributed by atoms with van der Waals surface area (Å²) < 4.78 is 39.9. The summed E-state index contributed by atoms with van der Waals surface area (Å²) in [5.74, 6) is -0.824. The van der Waals surface area contributed by atoms with Gasteiger partial charge in [-0.2, -0.15) is 13.2 Å². The van der Waals surface area contributed by atoms with Gasteiger partial charge in [0, 0.05) is 0 Å². The Labute approximate surface area is 177 Å². The number of alkyl halides is 3. The van der Waals surface area contributed by atoms with Crippen LogP contribution in [0.25, 0.3) is 22.4 Å². The second-order valence-electron chi connectivity index (χ2n) is 6.79. The third-order valence-electron chi connectivity index (χ3n) is 4.51. The Bertz CT molecular complexity index is 1330. The molecule has 0 atom stereocenters. The zero-order valence-corrected chi connectivity index (χ0v) is 17.0. The number of benzene rings is 2. The first kappa shape index (κ1) is 20.9. The molecule has 0 bridgehead atoms. The Morgan fingerprint density at radius 3 is 2.52 bits per heavy atom. The number of hydrogen-bond acceptors (Lipinski definition) is 5. The lowest BCUT2D eigenvalue weighted by Crippen LogP contribution is -2.34. The lowest BCUT2D eigenvalue weighted by molar-refractivity contribution is -0.136. The third-order valence-corrected chi connectivity index (χ3v) is 5.43. The first-order valence-electron chi connectivity index (χ1n) is 9.17. The summed E-state index contributed by atoms with van der Waals surface area (Å²) in [6.45, 7) is 0.529. The molecule has 2 aromatic heterocycles. The average molecular weight is 447 g/mol. The predicted molar refractivity (Wildman–Crippen MR) is 111 cm³/mol. The first-order chi connectivity index (χ1) is 14.7. The summed E-state index contributed by atoms with van der Waals surface area (Å²) in [5, 5.41) is 10.7. The molecule has 1 amide bonds. The van der Waals surface area contributed by atoms with Crippen LogP contribution < -0.4 is 10.9 Å². The van der Waals surface area contributed by atoms with E-state index >= 15 is 0 Å². The zero-order valence-electron chi connectivity index (χ0n) is 16.2. The van der Waals surface area contributed by atoms with E-state index in [0.717, 1.165) is 17.3 Å². The summed E-state index contributed by atoms with van der Waals surface area (Å²) in [7, 11) is 0. The molecule has 0 spiro atoms. The van der Waals surface area contributed by atoms with Crippen LogP contribution in [0.3, 0.4) is 0 Å². The van der Waals surface area contributed by atoms with Crippen molar-refractivity contribution in [2.75, 3.05) is 12.3 Å². The van der Waals surface area contributed by atoms with Crippen LogP contribution in [0, 0.1) is 6.92 Å². The van der Waals surface area contributed by atoms with E-state index in [-0.39, 0.29) is 22.2 Å². The van der Waals surface area contributed by atoms with Crippen molar-refractivity contribution in [3.05, 3.63) is 64.4 Å². The molecule has 0 unspecified atom stereocenters. The highest BCUT2D eigenvalue weighted by Crippen LogP contribution is 2.23. The summed E-state index contributed by atoms with van der Waals surface area (Å²) in [4.78, 5) is 25.0. The fraction of sp³-hybridized carbons (Fsp3) is 0.200. The van der Waals surface area contributed by atoms with E-state index in [1.54, 1.807) is 40.8 Å². The Balaban J connectivity index is 1.78. The molecule has 0 radical (unpaired) electrons. The van der Waals surface area contributed by atoms with E-state index in [0.29, 0.717) is 16.6 Å². The highest BCUT2D eigenvalue weighted by molar-refractivity contribution is 7.99. The first-order valence-corrected chi connectivity index (χ1v) is 10.2. The Hall–Kier alpha value is -3.34. The average Bonchev–Trinajstić information content (AvgIpc) is 3.15. The van der Waals surface area contributed by atoms with Crippen LogP contribution in [0.2, 0.25) is 0 Å². The minimum absolute atomic E-state index is 0.241. The number of aromatic nitrogens is 4. The molecule has 160 valence electrons. The standard InChI is InChI=1S/C20H16F3N5O2S/c1-12-6-8-13(9-7-12)27-17(30)14-4-2-3-5-15(14)28-18(27)25-26-19(28)31-10-16(29)24-11-20(21,22)23/h2-9H,10-11H2,1H3,(H,24,29). The van der Waals surface area contributed by atoms with E-state index in [4.69, 9.17) is 0 Å². The number of carbonyl (C=O) groups is 1. The quantitative estimate of drug-likeness (QED) is 0.476. The number of nitrogens with zero attached hydrogens (tertiary/aromatic N) is 4. The van der Waals surface area contributed by atoms with E-state index in [9.17, 15) is 22.8 Å². The van der Waals surface area contributed by atoms with Gasteiger partial charge in [0.25, 0.3) is 5.56 Å². The van der Waals surface area contributed by atoms with Crippen molar-refractivity contribution in [2.45, 2.75) is 18.3 Å². The Morgan fingerprint density at radius 1 is 1.10 bits per heavy atom. The Morgan fingerprint density at radius 2 is 1.81 bits per heavy atom. The van der Waals surface area contributed by atoms with Gasteiger partial charge < -0.3 is 5.32 Å². The lowest BCUT2D eigenvalue weighted by Gasteiger charge is -2.11. The number of halogens is 3. The number of para-hydroxylation sites is 1. The van der Waals surface area contributed by atoms with Gasteiger partial charge in [-0.15, -0.1) is 10.2 Å². The predicted octanol–water partition coefficient (Wildman–Crippen LogP) is 3.11. The second-order valence-corrected chi connectivity index (χ2v) is 7.73. The molecule has 4 aromatic rings. The number of amides is 1. The van der Waals surface area contributed by atoms with Crippen molar-refractivity contribution in [2.24, 2.45) is 0 Å². The number of hydrogen-bond donors (Lipinski definition) is 1. The van der Waals surface area contributed by atoms with Crippen molar-refractivity contribution < 1.29 is 18.0 Å². The molecular formula is C20H16F3N5O2S. The lowest BCUT2D eigenvalue weighted by atomic mass is 10.2. The number of thioether (sulfide) groups is 1. The van der Waals surface area contributed by atoms with Crippen molar-refractivity contribution in [1.29, 1.82) is 0 Å². The number of nitrogens with one attached hydrogen (secondary N) is 1. The molecular weight excluding hydrogens is 431 g/mol. The van der Waals surface area contributed by atoms with E-state index in [1.807, 2.05) is 24.4 Å². The molecule has 2 heterocycles. The summed E-state index contributed by atoms with van der Waals surface area (Å²) in [5.41, 5.74) is 1.88. The molecule has 31 heavy (non-hydrogen) atoms. The molecule has 0 saturated carbocycles. The molecule has 11 heteroatoms. The number of carbonyl (C=O) groups excluding carboxylic acids is 1. The summed E-state index contributed by atoms with van der Waals surface area (Å²) in [6, 6.07) is 14.2. The highest BCUT2D eigenvalue weighted by Gasteiger charge is 2.27. The van der Waals surface area contributed by atoms with Gasteiger partial charge in [-0.1, -0.05) is 41.6 Å².